The summed E-state index contributed by atoms with van der Waals surface area (Å²) in [6, 6.07) is 9.25. The molecule has 1 saturated carbocycles. The molecule has 3 heteroatoms. The van der Waals surface area contributed by atoms with E-state index >= 15 is 0 Å². The molecule has 2 unspecified atom stereocenters. The van der Waals surface area contributed by atoms with Crippen LogP contribution in [0.4, 0.5) is 0 Å². The third-order valence-corrected chi connectivity index (χ3v) is 5.83. The van der Waals surface area contributed by atoms with Crippen molar-refractivity contribution < 1.29 is 9.53 Å². The molecule has 0 aromatic heterocycles. The lowest BCUT2D eigenvalue weighted by Crippen LogP contribution is -2.38. The van der Waals surface area contributed by atoms with Gasteiger partial charge in [0.25, 0.3) is 5.91 Å². The Morgan fingerprint density at radius 1 is 1.21 bits per heavy atom. The Bertz CT molecular complexity index is 726. The lowest BCUT2D eigenvalue weighted by atomic mass is 10.00. The quantitative estimate of drug-likeness (QED) is 0.451. The monoisotopic (exact) mass is 381 g/mol. The van der Waals surface area contributed by atoms with Crippen LogP contribution in [0.1, 0.15) is 58.1 Å². The summed E-state index contributed by atoms with van der Waals surface area (Å²) in [6.45, 7) is 12.4. The zero-order valence-electron chi connectivity index (χ0n) is 17.9. The molecule has 2 fully saturated rings. The van der Waals surface area contributed by atoms with Gasteiger partial charge in [-0.15, -0.1) is 0 Å². The van der Waals surface area contributed by atoms with E-state index < -0.39 is 0 Å². The van der Waals surface area contributed by atoms with Crippen molar-refractivity contribution in [2.45, 2.75) is 71.4 Å². The average Bonchev–Trinajstić information content (AvgIpc) is 3.30. The molecule has 1 heterocycles. The number of amides is 1. The van der Waals surface area contributed by atoms with E-state index in [1.54, 1.807) is 0 Å². The van der Waals surface area contributed by atoms with Gasteiger partial charge in [0.15, 0.2) is 0 Å². The molecule has 28 heavy (non-hydrogen) atoms. The topological polar surface area (TPSA) is 29.5 Å². The second-order valence-electron chi connectivity index (χ2n) is 9.37. The molecule has 1 aromatic carbocycles. The zero-order chi connectivity index (χ0) is 20.3. The van der Waals surface area contributed by atoms with Crippen molar-refractivity contribution in [1.29, 1.82) is 0 Å². The molecular weight excluding hydrogens is 346 g/mol. The van der Waals surface area contributed by atoms with E-state index in [0.717, 1.165) is 31.1 Å². The van der Waals surface area contributed by atoms with Crippen LogP contribution in [0.15, 0.2) is 48.6 Å². The van der Waals surface area contributed by atoms with Gasteiger partial charge in [-0.2, -0.15) is 0 Å². The molecule has 1 saturated heterocycles. The lowest BCUT2D eigenvalue weighted by Gasteiger charge is -2.28. The van der Waals surface area contributed by atoms with Crippen molar-refractivity contribution in [2.75, 3.05) is 6.73 Å². The molecule has 3 atom stereocenters. The molecule has 0 spiro atoms. The summed E-state index contributed by atoms with van der Waals surface area (Å²) in [7, 11) is 0. The number of rotatable bonds is 8. The highest BCUT2D eigenvalue weighted by Gasteiger charge is 2.35. The molecule has 1 aromatic rings. The smallest absolute Gasteiger partial charge is 0.251 e. The van der Waals surface area contributed by atoms with Gasteiger partial charge in [-0.3, -0.25) is 4.79 Å². The SMILES string of the molecule is C=C1C[C@@H](CCc2ccc(CC3CC3/C=C\C)cc2)N(COC(C)(C)C)C1=O. The van der Waals surface area contributed by atoms with E-state index in [2.05, 4.69) is 49.9 Å². The van der Waals surface area contributed by atoms with Crippen LogP contribution in [-0.2, 0) is 22.4 Å². The predicted molar refractivity (Wildman–Crippen MR) is 115 cm³/mol. The van der Waals surface area contributed by atoms with Gasteiger partial charge in [0.2, 0.25) is 0 Å². The maximum Gasteiger partial charge on any atom is 0.251 e. The zero-order valence-corrected chi connectivity index (χ0v) is 17.9. The highest BCUT2D eigenvalue weighted by Crippen LogP contribution is 2.42. The van der Waals surface area contributed by atoms with Crippen LogP contribution in [0, 0.1) is 11.8 Å². The molecule has 1 amide bonds. The molecule has 2 aliphatic rings. The van der Waals surface area contributed by atoms with Crippen molar-refractivity contribution >= 4 is 5.91 Å². The van der Waals surface area contributed by atoms with Crippen LogP contribution >= 0.6 is 0 Å². The molecule has 0 radical (unpaired) electrons. The number of benzene rings is 1. The fourth-order valence-corrected chi connectivity index (χ4v) is 4.00. The number of nitrogens with zero attached hydrogens (tertiary/aromatic N) is 1. The number of hydrogen-bond donors (Lipinski definition) is 0. The second-order valence-corrected chi connectivity index (χ2v) is 9.37. The van der Waals surface area contributed by atoms with Crippen LogP contribution in [-0.4, -0.2) is 29.2 Å². The normalized spacial score (nSPS) is 25.1. The minimum atomic E-state index is -0.252. The minimum absolute atomic E-state index is 0.0460. The van der Waals surface area contributed by atoms with E-state index in [4.69, 9.17) is 4.74 Å². The van der Waals surface area contributed by atoms with Crippen LogP contribution < -0.4 is 0 Å². The van der Waals surface area contributed by atoms with Crippen molar-refractivity contribution in [3.8, 4) is 0 Å². The maximum absolute atomic E-state index is 12.4. The van der Waals surface area contributed by atoms with Crippen LogP contribution in [0.25, 0.3) is 0 Å². The minimum Gasteiger partial charge on any atom is -0.355 e. The van der Waals surface area contributed by atoms with Crippen LogP contribution in [0.2, 0.25) is 0 Å². The summed E-state index contributed by atoms with van der Waals surface area (Å²) in [5.41, 5.74) is 3.23. The van der Waals surface area contributed by atoms with Gasteiger partial charge in [-0.1, -0.05) is 43.0 Å². The van der Waals surface area contributed by atoms with E-state index in [1.807, 2.05) is 25.7 Å². The fraction of sp³-hybridized carbons (Fsp3) is 0.560. The lowest BCUT2D eigenvalue weighted by molar-refractivity contribution is -0.138. The Hall–Kier alpha value is -1.87. The first kappa shape index (κ1) is 20.9. The highest BCUT2D eigenvalue weighted by molar-refractivity contribution is 5.95. The Morgan fingerprint density at radius 3 is 2.54 bits per heavy atom. The van der Waals surface area contributed by atoms with E-state index in [9.17, 15) is 4.79 Å². The molecule has 152 valence electrons. The molecule has 1 aliphatic carbocycles. The van der Waals surface area contributed by atoms with E-state index in [-0.39, 0.29) is 17.6 Å². The van der Waals surface area contributed by atoms with Gasteiger partial charge in [0, 0.05) is 11.6 Å². The summed E-state index contributed by atoms with van der Waals surface area (Å²) in [5, 5.41) is 0. The summed E-state index contributed by atoms with van der Waals surface area (Å²) < 4.78 is 5.86. The van der Waals surface area contributed by atoms with Crippen LogP contribution in [0.3, 0.4) is 0 Å². The largest absolute Gasteiger partial charge is 0.355 e. The summed E-state index contributed by atoms with van der Waals surface area (Å²) in [4.78, 5) is 14.3. The summed E-state index contributed by atoms with van der Waals surface area (Å²) in [6.07, 6.45) is 9.70. The number of carbonyl (C=O) groups excluding carboxylic acids is 1. The van der Waals surface area contributed by atoms with Crippen molar-refractivity contribution in [3.05, 3.63) is 59.7 Å². The number of ether oxygens (including phenoxy) is 1. The molecule has 0 N–H and O–H groups in total. The van der Waals surface area contributed by atoms with Gasteiger partial charge >= 0.3 is 0 Å². The molecule has 3 nitrogen and oxygen atoms in total. The number of likely N-dealkylation sites (tertiary alicyclic amines) is 1. The number of carbonyl (C=O) groups is 1. The van der Waals surface area contributed by atoms with Crippen molar-refractivity contribution in [3.63, 3.8) is 0 Å². The molecule has 0 bridgehead atoms. The number of allylic oxidation sites excluding steroid dienone is 2. The summed E-state index contributed by atoms with van der Waals surface area (Å²) in [5.74, 6) is 1.66. The van der Waals surface area contributed by atoms with Crippen molar-refractivity contribution in [1.82, 2.24) is 4.90 Å². The van der Waals surface area contributed by atoms with Crippen molar-refractivity contribution in [2.24, 2.45) is 11.8 Å². The highest BCUT2D eigenvalue weighted by atomic mass is 16.5. The number of aryl methyl sites for hydroxylation is 1. The summed E-state index contributed by atoms with van der Waals surface area (Å²) >= 11 is 0. The fourth-order valence-electron chi connectivity index (χ4n) is 4.00. The van der Waals surface area contributed by atoms with Gasteiger partial charge in [0.05, 0.1) is 5.60 Å². The maximum atomic E-state index is 12.4. The molecular formula is C25H35NO2. The first-order valence-electron chi connectivity index (χ1n) is 10.6. The first-order valence-corrected chi connectivity index (χ1v) is 10.6. The standard InChI is InChI=1S/C25H35NO2/c1-6-7-21-16-22(21)15-20-10-8-19(9-11-20)12-13-23-14-18(2)24(27)26(23)17-28-25(3,4)5/h6-11,21-23H,2,12-17H2,1,3-5H3/b7-6-/t21?,22?,23-/m1/s1. The molecule has 1 aliphatic heterocycles. The Kier molecular flexibility index (Phi) is 6.44. The first-order chi connectivity index (χ1) is 13.3. The Morgan fingerprint density at radius 2 is 1.89 bits per heavy atom. The average molecular weight is 382 g/mol. The van der Waals surface area contributed by atoms with Gasteiger partial charge in [-0.05, 0) is 82.8 Å². The van der Waals surface area contributed by atoms with Crippen LogP contribution in [0.5, 0.6) is 0 Å². The van der Waals surface area contributed by atoms with E-state index in [1.165, 1.54) is 24.0 Å². The third-order valence-electron chi connectivity index (χ3n) is 5.83. The van der Waals surface area contributed by atoms with Gasteiger partial charge in [-0.25, -0.2) is 0 Å². The number of hydrogen-bond acceptors (Lipinski definition) is 2. The molecule has 3 rings (SSSR count). The predicted octanol–water partition coefficient (Wildman–Crippen LogP) is 5.30. The second kappa shape index (κ2) is 8.65. The Labute approximate surface area is 170 Å². The van der Waals surface area contributed by atoms with Gasteiger partial charge < -0.3 is 9.64 Å². The van der Waals surface area contributed by atoms with E-state index in [0.29, 0.717) is 12.3 Å². The van der Waals surface area contributed by atoms with Gasteiger partial charge in [0.1, 0.15) is 6.73 Å². The third kappa shape index (κ3) is 5.57. The Balaban J connectivity index is 1.51.